The molecule has 1 atom stereocenters. The number of hydrogen-bond donors (Lipinski definition) is 0. The van der Waals surface area contributed by atoms with Gasteiger partial charge >= 0.3 is 0 Å². The number of nitrogens with zero attached hydrogens (tertiary/aromatic N) is 5. The molecule has 120 valence electrons. The van der Waals surface area contributed by atoms with Crippen molar-refractivity contribution in [3.8, 4) is 0 Å². The van der Waals surface area contributed by atoms with Gasteiger partial charge in [0.25, 0.3) is 0 Å². The van der Waals surface area contributed by atoms with Gasteiger partial charge in [0.05, 0.1) is 6.54 Å². The quantitative estimate of drug-likeness (QED) is 0.839. The molecular weight excluding hydrogens is 298 g/mol. The van der Waals surface area contributed by atoms with Crippen LogP contribution in [0.15, 0.2) is 23.5 Å². The molecule has 3 rings (SSSR count). The van der Waals surface area contributed by atoms with E-state index in [0.717, 1.165) is 45.7 Å². The maximum Gasteiger partial charge on any atom is 0.222 e. The zero-order valence-electron chi connectivity index (χ0n) is 13.0. The third-order valence-corrected chi connectivity index (χ3v) is 5.18. The number of amidine groups is 1. The molecule has 1 aromatic heterocycles. The van der Waals surface area contributed by atoms with Crippen molar-refractivity contribution in [3.63, 3.8) is 0 Å². The van der Waals surface area contributed by atoms with Crippen molar-refractivity contribution in [2.75, 3.05) is 32.7 Å². The summed E-state index contributed by atoms with van der Waals surface area (Å²) in [6.07, 6.45) is 5.16. The third-order valence-electron chi connectivity index (χ3n) is 4.03. The topological polar surface area (TPSA) is 53.7 Å². The third kappa shape index (κ3) is 3.82. The van der Waals surface area contributed by atoms with Gasteiger partial charge in [-0.1, -0.05) is 18.7 Å². The van der Waals surface area contributed by atoms with Crippen LogP contribution in [0, 0.1) is 0 Å². The van der Waals surface area contributed by atoms with Gasteiger partial charge in [0.15, 0.2) is 5.17 Å². The first kappa shape index (κ1) is 15.4. The summed E-state index contributed by atoms with van der Waals surface area (Å²) in [6.45, 7) is 7.38. The second-order valence-electron chi connectivity index (χ2n) is 5.79. The number of rotatable bonds is 4. The fourth-order valence-electron chi connectivity index (χ4n) is 2.77. The second-order valence-corrected chi connectivity index (χ2v) is 7.20. The molecule has 0 bridgehead atoms. The van der Waals surface area contributed by atoms with Gasteiger partial charge in [-0.25, -0.2) is 0 Å². The van der Waals surface area contributed by atoms with Crippen LogP contribution in [0.5, 0.6) is 0 Å². The first-order valence-electron chi connectivity index (χ1n) is 7.93. The molecule has 0 N–H and O–H groups in total. The van der Waals surface area contributed by atoms with Crippen LogP contribution in [0.25, 0.3) is 0 Å². The van der Waals surface area contributed by atoms with Crippen LogP contribution >= 0.6 is 11.8 Å². The Kier molecular flexibility index (Phi) is 5.02. The van der Waals surface area contributed by atoms with E-state index in [-0.39, 0.29) is 5.91 Å². The molecule has 0 saturated carbocycles. The highest BCUT2D eigenvalue weighted by Gasteiger charge is 2.26. The van der Waals surface area contributed by atoms with Crippen molar-refractivity contribution < 1.29 is 4.79 Å². The number of hydrogen-bond acceptors (Lipinski definition) is 5. The van der Waals surface area contributed by atoms with Crippen LogP contribution in [0.3, 0.4) is 0 Å². The molecule has 0 aliphatic carbocycles. The minimum atomic E-state index is 0.265. The molecule has 6 nitrogen and oxygen atoms in total. The van der Waals surface area contributed by atoms with Crippen molar-refractivity contribution in [1.29, 1.82) is 0 Å². The maximum absolute atomic E-state index is 12.2. The summed E-state index contributed by atoms with van der Waals surface area (Å²) in [5, 5.41) is 5.91. The molecule has 0 unspecified atom stereocenters. The van der Waals surface area contributed by atoms with Gasteiger partial charge in [-0.3, -0.25) is 14.5 Å². The van der Waals surface area contributed by atoms with Crippen LogP contribution in [-0.4, -0.2) is 68.6 Å². The molecule has 0 aromatic carbocycles. The Balaban J connectivity index is 1.38. The van der Waals surface area contributed by atoms with E-state index in [1.54, 1.807) is 6.20 Å². The normalized spacial score (nSPS) is 22.0. The van der Waals surface area contributed by atoms with Gasteiger partial charge < -0.3 is 9.80 Å². The molecule has 2 aliphatic rings. The lowest BCUT2D eigenvalue weighted by atomic mass is 10.2. The molecule has 3 heterocycles. The number of thioether (sulfide) groups is 1. The molecule has 22 heavy (non-hydrogen) atoms. The van der Waals surface area contributed by atoms with E-state index in [9.17, 15) is 4.79 Å². The molecule has 7 heteroatoms. The molecular formula is C15H23N5OS. The number of carbonyl (C=O) groups is 1. The monoisotopic (exact) mass is 321 g/mol. The van der Waals surface area contributed by atoms with Crippen molar-refractivity contribution in [2.24, 2.45) is 4.99 Å². The fraction of sp³-hybridized carbons (Fsp3) is 0.667. The minimum Gasteiger partial charge on any atom is -0.348 e. The zero-order chi connectivity index (χ0) is 15.4. The molecule has 1 saturated heterocycles. The van der Waals surface area contributed by atoms with E-state index in [4.69, 9.17) is 0 Å². The van der Waals surface area contributed by atoms with Crippen molar-refractivity contribution in [1.82, 2.24) is 19.6 Å². The van der Waals surface area contributed by atoms with E-state index in [2.05, 4.69) is 21.9 Å². The van der Waals surface area contributed by atoms with Crippen molar-refractivity contribution in [3.05, 3.63) is 18.5 Å². The first-order chi connectivity index (χ1) is 10.7. The molecule has 1 fully saturated rings. The summed E-state index contributed by atoms with van der Waals surface area (Å²) in [6, 6.07) is 1.91. The van der Waals surface area contributed by atoms with Gasteiger partial charge in [0, 0.05) is 56.8 Å². The average Bonchev–Trinajstić information content (AvgIpc) is 3.19. The van der Waals surface area contributed by atoms with Crippen LogP contribution in [0.2, 0.25) is 0 Å². The van der Waals surface area contributed by atoms with E-state index in [1.165, 1.54) is 5.17 Å². The van der Waals surface area contributed by atoms with E-state index < -0.39 is 0 Å². The Hall–Kier alpha value is -1.50. The smallest absolute Gasteiger partial charge is 0.222 e. The summed E-state index contributed by atoms with van der Waals surface area (Å²) in [5.74, 6) is 0.265. The minimum absolute atomic E-state index is 0.265. The number of piperazine rings is 1. The summed E-state index contributed by atoms with van der Waals surface area (Å²) >= 11 is 1.86. The van der Waals surface area contributed by atoms with Gasteiger partial charge in [-0.2, -0.15) is 5.10 Å². The lowest BCUT2D eigenvalue weighted by molar-refractivity contribution is -0.132. The Labute approximate surface area is 135 Å². The van der Waals surface area contributed by atoms with Gasteiger partial charge in [-0.15, -0.1) is 0 Å². The predicted octanol–water partition coefficient (Wildman–Crippen LogP) is 1.30. The van der Waals surface area contributed by atoms with E-state index in [1.807, 2.05) is 33.6 Å². The largest absolute Gasteiger partial charge is 0.348 e. The highest BCUT2D eigenvalue weighted by molar-refractivity contribution is 8.14. The summed E-state index contributed by atoms with van der Waals surface area (Å²) in [7, 11) is 0. The Morgan fingerprint density at radius 3 is 2.82 bits per heavy atom. The van der Waals surface area contributed by atoms with Gasteiger partial charge in [0.2, 0.25) is 5.91 Å². The molecule has 1 aromatic rings. The predicted molar refractivity (Wildman–Crippen MR) is 89.0 cm³/mol. The van der Waals surface area contributed by atoms with Crippen LogP contribution in [-0.2, 0) is 11.3 Å². The number of aryl methyl sites for hydroxylation is 1. The number of aromatic nitrogens is 2. The molecule has 0 spiro atoms. The van der Waals surface area contributed by atoms with Gasteiger partial charge in [0.1, 0.15) is 0 Å². The van der Waals surface area contributed by atoms with Gasteiger partial charge in [-0.05, 0) is 12.5 Å². The summed E-state index contributed by atoms with van der Waals surface area (Å²) in [5.41, 5.74) is 0. The molecule has 1 amide bonds. The fourth-order valence-corrected chi connectivity index (χ4v) is 3.76. The number of carbonyl (C=O) groups excluding carboxylic acids is 1. The van der Waals surface area contributed by atoms with E-state index in [0.29, 0.717) is 11.7 Å². The standard InChI is InChI=1S/C15H23N5OS/c1-13-12-16-15(22-13)19-10-8-18(9-11-19)14(21)4-2-6-20-7-3-5-17-20/h3,5,7,13H,2,4,6,8-12H2,1H3/t13-/m0/s1. The lowest BCUT2D eigenvalue weighted by Crippen LogP contribution is -2.49. The summed E-state index contributed by atoms with van der Waals surface area (Å²) in [4.78, 5) is 21.1. The van der Waals surface area contributed by atoms with Crippen LogP contribution < -0.4 is 0 Å². The second kappa shape index (κ2) is 7.17. The van der Waals surface area contributed by atoms with Crippen molar-refractivity contribution >= 4 is 22.8 Å². The Morgan fingerprint density at radius 2 is 2.18 bits per heavy atom. The number of amides is 1. The maximum atomic E-state index is 12.2. The van der Waals surface area contributed by atoms with Crippen LogP contribution in [0.1, 0.15) is 19.8 Å². The van der Waals surface area contributed by atoms with Crippen LogP contribution in [0.4, 0.5) is 0 Å². The molecule has 0 radical (unpaired) electrons. The lowest BCUT2D eigenvalue weighted by Gasteiger charge is -2.35. The van der Waals surface area contributed by atoms with E-state index >= 15 is 0 Å². The first-order valence-corrected chi connectivity index (χ1v) is 8.81. The Morgan fingerprint density at radius 1 is 1.36 bits per heavy atom. The zero-order valence-corrected chi connectivity index (χ0v) is 13.8. The molecule has 2 aliphatic heterocycles. The van der Waals surface area contributed by atoms with Crippen molar-refractivity contribution in [2.45, 2.75) is 31.6 Å². The average molecular weight is 321 g/mol. The number of aliphatic imine (C=N–C) groups is 1. The summed E-state index contributed by atoms with van der Waals surface area (Å²) < 4.78 is 1.88. The SMILES string of the molecule is C[C@H]1CN=C(N2CCN(C(=O)CCCn3cccn3)CC2)S1. The Bertz CT molecular complexity index is 522. The highest BCUT2D eigenvalue weighted by Crippen LogP contribution is 2.23. The highest BCUT2D eigenvalue weighted by atomic mass is 32.2.